The molecule has 0 bridgehead atoms. The van der Waals surface area contributed by atoms with E-state index in [1.807, 2.05) is 0 Å². The van der Waals surface area contributed by atoms with Gasteiger partial charge in [-0.1, -0.05) is 0 Å². The van der Waals surface area contributed by atoms with Crippen LogP contribution in [0.4, 0.5) is 4.79 Å². The highest BCUT2D eigenvalue weighted by atomic mass is 16.6. The Bertz CT molecular complexity index is 271. The molecule has 14 heavy (non-hydrogen) atoms. The van der Waals surface area contributed by atoms with Crippen molar-refractivity contribution in [3.05, 3.63) is 0 Å². The zero-order valence-electron chi connectivity index (χ0n) is 8.64. The van der Waals surface area contributed by atoms with Crippen molar-refractivity contribution in [1.82, 2.24) is 10.0 Å². The van der Waals surface area contributed by atoms with E-state index in [9.17, 15) is 9.59 Å². The zero-order valence-corrected chi connectivity index (χ0v) is 8.64. The lowest BCUT2D eigenvalue weighted by Crippen LogP contribution is -2.29. The molecule has 0 radical (unpaired) electrons. The van der Waals surface area contributed by atoms with Gasteiger partial charge in [0.15, 0.2) is 0 Å². The summed E-state index contributed by atoms with van der Waals surface area (Å²) in [5.41, 5.74) is -0.608. The van der Waals surface area contributed by atoms with Gasteiger partial charge in [-0.15, -0.1) is 0 Å². The van der Waals surface area contributed by atoms with Gasteiger partial charge in [0.05, 0.1) is 0 Å². The predicted octanol–water partition coefficient (Wildman–Crippen LogP) is 0.495. The number of carbonyl (C=O) groups excluding carboxylic acids is 1. The maximum absolute atomic E-state index is 11.3. The second-order valence-corrected chi connectivity index (χ2v) is 4.11. The molecule has 1 aliphatic rings. The standard InChI is InChI=1S/C8H14N2O4/c1-8(2,3)14-7(13)10-5(6(11)12)9(10)4/h5H,1-4H3,(H,11,12). The molecule has 1 fully saturated rings. The Morgan fingerprint density at radius 2 is 1.86 bits per heavy atom. The minimum absolute atomic E-state index is 0.608. The molecule has 80 valence electrons. The van der Waals surface area contributed by atoms with Crippen molar-refractivity contribution >= 4 is 12.1 Å². The van der Waals surface area contributed by atoms with Gasteiger partial charge in [0.2, 0.25) is 6.17 Å². The monoisotopic (exact) mass is 202 g/mol. The molecular weight excluding hydrogens is 188 g/mol. The average Bonchev–Trinajstić information content (AvgIpc) is 2.57. The lowest BCUT2D eigenvalue weighted by Gasteiger charge is -2.19. The molecule has 1 N–H and O–H groups in total. The van der Waals surface area contributed by atoms with Crippen LogP contribution >= 0.6 is 0 Å². The van der Waals surface area contributed by atoms with Crippen molar-refractivity contribution in [3.8, 4) is 0 Å². The van der Waals surface area contributed by atoms with Crippen LogP contribution in [-0.2, 0) is 9.53 Å². The summed E-state index contributed by atoms with van der Waals surface area (Å²) < 4.78 is 4.99. The normalized spacial score (nSPS) is 25.9. The highest BCUT2D eigenvalue weighted by molar-refractivity contribution is 5.83. The van der Waals surface area contributed by atoms with Crippen LogP contribution in [0.3, 0.4) is 0 Å². The lowest BCUT2D eigenvalue weighted by atomic mass is 10.2. The van der Waals surface area contributed by atoms with Crippen molar-refractivity contribution in [1.29, 1.82) is 0 Å². The summed E-state index contributed by atoms with van der Waals surface area (Å²) in [4.78, 5) is 21.9. The molecule has 0 saturated carbocycles. The maximum Gasteiger partial charge on any atom is 0.427 e. The Morgan fingerprint density at radius 1 is 1.36 bits per heavy atom. The van der Waals surface area contributed by atoms with Gasteiger partial charge in [-0.25, -0.2) is 14.6 Å². The third-order valence-corrected chi connectivity index (χ3v) is 1.67. The van der Waals surface area contributed by atoms with Gasteiger partial charge in [0.1, 0.15) is 5.60 Å². The van der Waals surface area contributed by atoms with Gasteiger partial charge >= 0.3 is 12.1 Å². The highest BCUT2D eigenvalue weighted by Gasteiger charge is 2.53. The van der Waals surface area contributed by atoms with Crippen LogP contribution in [0, 0.1) is 0 Å². The van der Waals surface area contributed by atoms with E-state index < -0.39 is 23.8 Å². The molecule has 1 amide bonds. The van der Waals surface area contributed by atoms with Crippen LogP contribution in [0.2, 0.25) is 0 Å². The van der Waals surface area contributed by atoms with E-state index in [2.05, 4.69) is 0 Å². The van der Waals surface area contributed by atoms with E-state index in [0.29, 0.717) is 0 Å². The van der Waals surface area contributed by atoms with Crippen molar-refractivity contribution in [2.45, 2.75) is 32.5 Å². The Labute approximate surface area is 82.0 Å². The minimum atomic E-state index is -1.06. The number of carbonyl (C=O) groups is 2. The number of ether oxygens (including phenoxy) is 1. The molecule has 2 unspecified atom stereocenters. The quantitative estimate of drug-likeness (QED) is 0.627. The van der Waals surface area contributed by atoms with Crippen LogP contribution < -0.4 is 0 Å². The number of likely N-dealkylation sites (N-methyl/N-ethyl adjacent to an activating group) is 1. The van der Waals surface area contributed by atoms with E-state index in [1.54, 1.807) is 20.8 Å². The Hall–Kier alpha value is -1.30. The summed E-state index contributed by atoms with van der Waals surface area (Å²) in [5, 5.41) is 11.0. The Kier molecular flexibility index (Phi) is 2.41. The van der Waals surface area contributed by atoms with Gasteiger partial charge in [0.25, 0.3) is 0 Å². The molecule has 0 aromatic rings. The first kappa shape index (κ1) is 10.8. The fourth-order valence-corrected chi connectivity index (χ4v) is 1.06. The number of aliphatic carboxylic acids is 1. The average molecular weight is 202 g/mol. The number of hydrogen-bond donors (Lipinski definition) is 1. The number of carboxylic acid groups (broad SMARTS) is 1. The molecule has 1 saturated heterocycles. The maximum atomic E-state index is 11.3. The van der Waals surface area contributed by atoms with Gasteiger partial charge < -0.3 is 9.84 Å². The highest BCUT2D eigenvalue weighted by Crippen LogP contribution is 2.26. The zero-order chi connectivity index (χ0) is 11.1. The molecule has 1 rings (SSSR count). The van der Waals surface area contributed by atoms with E-state index in [4.69, 9.17) is 9.84 Å². The summed E-state index contributed by atoms with van der Waals surface area (Å²) in [7, 11) is 1.52. The van der Waals surface area contributed by atoms with Crippen molar-refractivity contribution in [3.63, 3.8) is 0 Å². The molecule has 0 spiro atoms. The van der Waals surface area contributed by atoms with E-state index in [0.717, 1.165) is 5.01 Å². The summed E-state index contributed by atoms with van der Waals surface area (Å²) in [6.45, 7) is 5.18. The molecule has 0 aromatic carbocycles. The molecule has 1 heterocycles. The Morgan fingerprint density at radius 3 is 2.14 bits per heavy atom. The Balaban J connectivity index is 2.54. The fourth-order valence-electron chi connectivity index (χ4n) is 1.06. The molecule has 6 nitrogen and oxygen atoms in total. The molecule has 1 aliphatic heterocycles. The summed E-state index contributed by atoms with van der Waals surface area (Å²) >= 11 is 0. The van der Waals surface area contributed by atoms with Crippen LogP contribution in [0.15, 0.2) is 0 Å². The predicted molar refractivity (Wildman–Crippen MR) is 47.3 cm³/mol. The van der Waals surface area contributed by atoms with Gasteiger partial charge in [-0.2, -0.15) is 5.01 Å². The smallest absolute Gasteiger partial charge is 0.427 e. The molecular formula is C8H14N2O4. The number of nitrogens with zero attached hydrogens (tertiary/aromatic N) is 2. The van der Waals surface area contributed by atoms with Gasteiger partial charge in [-0.05, 0) is 20.8 Å². The number of carboxylic acids is 1. The third kappa shape index (κ3) is 2.14. The molecule has 2 atom stereocenters. The summed E-state index contributed by atoms with van der Waals surface area (Å²) in [6, 6.07) is 0. The first-order valence-corrected chi connectivity index (χ1v) is 4.22. The van der Waals surface area contributed by atoms with Gasteiger partial charge in [-0.3, -0.25) is 0 Å². The van der Waals surface area contributed by atoms with E-state index >= 15 is 0 Å². The minimum Gasteiger partial charge on any atom is -0.479 e. The number of amides is 1. The first-order valence-electron chi connectivity index (χ1n) is 4.22. The SMILES string of the molecule is CN1C(C(=O)O)N1C(=O)OC(C)(C)C. The second kappa shape index (κ2) is 3.13. The van der Waals surface area contributed by atoms with Gasteiger partial charge in [0, 0.05) is 7.05 Å². The van der Waals surface area contributed by atoms with Crippen molar-refractivity contribution < 1.29 is 19.4 Å². The summed E-state index contributed by atoms with van der Waals surface area (Å²) in [6.07, 6.45) is -1.52. The molecule has 6 heteroatoms. The van der Waals surface area contributed by atoms with Crippen molar-refractivity contribution in [2.75, 3.05) is 7.05 Å². The fraction of sp³-hybridized carbons (Fsp3) is 0.750. The molecule has 0 aromatic heterocycles. The van der Waals surface area contributed by atoms with Crippen LogP contribution in [0.5, 0.6) is 0 Å². The summed E-state index contributed by atoms with van der Waals surface area (Å²) in [5.74, 6) is -1.06. The third-order valence-electron chi connectivity index (χ3n) is 1.67. The molecule has 0 aliphatic carbocycles. The van der Waals surface area contributed by atoms with E-state index in [-0.39, 0.29) is 0 Å². The van der Waals surface area contributed by atoms with Crippen LogP contribution in [0.25, 0.3) is 0 Å². The largest absolute Gasteiger partial charge is 0.479 e. The first-order chi connectivity index (χ1) is 6.24. The number of hydrazine groups is 1. The van der Waals surface area contributed by atoms with Crippen LogP contribution in [-0.4, -0.2) is 46.0 Å². The lowest BCUT2D eigenvalue weighted by molar-refractivity contribution is -0.137. The number of rotatable bonds is 1. The topological polar surface area (TPSA) is 69.6 Å². The van der Waals surface area contributed by atoms with Crippen LogP contribution in [0.1, 0.15) is 20.8 Å². The second-order valence-electron chi connectivity index (χ2n) is 4.11. The van der Waals surface area contributed by atoms with Crippen molar-refractivity contribution in [2.24, 2.45) is 0 Å². The van der Waals surface area contributed by atoms with E-state index in [1.165, 1.54) is 12.1 Å². The number of hydrogen-bond acceptors (Lipinski definition) is 4.